The lowest BCUT2D eigenvalue weighted by Crippen LogP contribution is -2.41. The van der Waals surface area contributed by atoms with Gasteiger partial charge in [0.05, 0.1) is 19.3 Å². The summed E-state index contributed by atoms with van der Waals surface area (Å²) >= 11 is 0. The van der Waals surface area contributed by atoms with Crippen LogP contribution in [0.1, 0.15) is 52.9 Å². The van der Waals surface area contributed by atoms with E-state index in [0.717, 1.165) is 38.8 Å². The molecule has 0 aromatic carbocycles. The lowest BCUT2D eigenvalue weighted by atomic mass is 9.98. The van der Waals surface area contributed by atoms with Gasteiger partial charge in [0, 0.05) is 13.2 Å². The van der Waals surface area contributed by atoms with Crippen molar-refractivity contribution in [2.75, 3.05) is 33.0 Å². The Bertz CT molecular complexity index is 241. The lowest BCUT2D eigenvalue weighted by Gasteiger charge is -2.22. The summed E-state index contributed by atoms with van der Waals surface area (Å²) in [7, 11) is 0. The maximum Gasteiger partial charge on any atom is 0.104 e. The molecular formula is C15H30N2O2. The SMILES string of the molecule is CCCCOCCOCCCC(C)(C#N)NCCC. The van der Waals surface area contributed by atoms with Crippen LogP contribution in [0.25, 0.3) is 0 Å². The third-order valence-corrected chi connectivity index (χ3v) is 2.99. The average Bonchev–Trinajstić information content (AvgIpc) is 2.43. The maximum absolute atomic E-state index is 9.16. The molecule has 1 atom stereocenters. The monoisotopic (exact) mass is 270 g/mol. The zero-order chi connectivity index (χ0) is 14.4. The molecule has 0 fully saturated rings. The minimum Gasteiger partial charge on any atom is -0.379 e. The second-order valence-electron chi connectivity index (χ2n) is 5.05. The summed E-state index contributed by atoms with van der Waals surface area (Å²) < 4.78 is 10.9. The summed E-state index contributed by atoms with van der Waals surface area (Å²) in [5.74, 6) is 0. The molecule has 19 heavy (non-hydrogen) atoms. The van der Waals surface area contributed by atoms with Gasteiger partial charge in [-0.1, -0.05) is 20.3 Å². The Hall–Kier alpha value is -0.630. The first-order chi connectivity index (χ1) is 9.18. The first kappa shape index (κ1) is 18.4. The summed E-state index contributed by atoms with van der Waals surface area (Å²) in [5, 5.41) is 12.4. The van der Waals surface area contributed by atoms with Crippen molar-refractivity contribution in [2.24, 2.45) is 0 Å². The first-order valence-corrected chi connectivity index (χ1v) is 7.50. The van der Waals surface area contributed by atoms with Gasteiger partial charge in [0.15, 0.2) is 0 Å². The molecule has 1 N–H and O–H groups in total. The van der Waals surface area contributed by atoms with Crippen molar-refractivity contribution in [3.05, 3.63) is 0 Å². The fourth-order valence-corrected chi connectivity index (χ4v) is 1.68. The third kappa shape index (κ3) is 10.9. The van der Waals surface area contributed by atoms with Crippen molar-refractivity contribution < 1.29 is 9.47 Å². The Morgan fingerprint density at radius 3 is 2.16 bits per heavy atom. The van der Waals surface area contributed by atoms with Crippen LogP contribution in [0.5, 0.6) is 0 Å². The summed E-state index contributed by atoms with van der Waals surface area (Å²) in [5.41, 5.74) is -0.420. The van der Waals surface area contributed by atoms with Crippen LogP contribution in [0.3, 0.4) is 0 Å². The van der Waals surface area contributed by atoms with Gasteiger partial charge in [0.2, 0.25) is 0 Å². The summed E-state index contributed by atoms with van der Waals surface area (Å²) in [4.78, 5) is 0. The summed E-state index contributed by atoms with van der Waals surface area (Å²) in [6.07, 6.45) is 5.04. The molecule has 4 nitrogen and oxygen atoms in total. The molecule has 0 aliphatic rings. The van der Waals surface area contributed by atoms with Gasteiger partial charge in [-0.05, 0) is 39.2 Å². The predicted molar refractivity (Wildman–Crippen MR) is 78.1 cm³/mol. The van der Waals surface area contributed by atoms with E-state index in [1.807, 2.05) is 6.92 Å². The molecule has 4 heteroatoms. The molecule has 0 rings (SSSR count). The highest BCUT2D eigenvalue weighted by molar-refractivity contribution is 5.03. The van der Waals surface area contributed by atoms with Gasteiger partial charge in [-0.15, -0.1) is 0 Å². The number of ether oxygens (including phenoxy) is 2. The van der Waals surface area contributed by atoms with Gasteiger partial charge in [0.1, 0.15) is 5.54 Å². The molecule has 0 saturated heterocycles. The van der Waals surface area contributed by atoms with Crippen LogP contribution in [-0.2, 0) is 9.47 Å². The minimum absolute atomic E-state index is 0.420. The van der Waals surface area contributed by atoms with Crippen LogP contribution < -0.4 is 5.32 Å². The van der Waals surface area contributed by atoms with Gasteiger partial charge < -0.3 is 9.47 Å². The molecule has 0 aromatic rings. The second kappa shape index (κ2) is 12.4. The lowest BCUT2D eigenvalue weighted by molar-refractivity contribution is 0.0443. The van der Waals surface area contributed by atoms with Gasteiger partial charge >= 0.3 is 0 Å². The van der Waals surface area contributed by atoms with Crippen LogP contribution in [0.4, 0.5) is 0 Å². The number of nitriles is 1. The number of nitrogens with zero attached hydrogens (tertiary/aromatic N) is 1. The Morgan fingerprint density at radius 2 is 1.63 bits per heavy atom. The molecule has 0 spiro atoms. The standard InChI is InChI=1S/C15H30N2O2/c1-4-6-10-18-12-13-19-11-7-8-15(3,14-16)17-9-5-2/h17H,4-13H2,1-3H3. The van der Waals surface area contributed by atoms with Crippen molar-refractivity contribution >= 4 is 0 Å². The summed E-state index contributed by atoms with van der Waals surface area (Å²) in [6.45, 7) is 9.94. The van der Waals surface area contributed by atoms with Crippen molar-refractivity contribution in [3.8, 4) is 6.07 Å². The van der Waals surface area contributed by atoms with Crippen molar-refractivity contribution in [1.29, 1.82) is 5.26 Å². The number of hydrogen-bond acceptors (Lipinski definition) is 4. The Labute approximate surface area is 118 Å². The molecule has 0 aliphatic carbocycles. The number of rotatable bonds is 13. The van der Waals surface area contributed by atoms with E-state index in [9.17, 15) is 0 Å². The molecular weight excluding hydrogens is 240 g/mol. The van der Waals surface area contributed by atoms with E-state index in [4.69, 9.17) is 14.7 Å². The quantitative estimate of drug-likeness (QED) is 0.523. The van der Waals surface area contributed by atoms with E-state index in [1.165, 1.54) is 6.42 Å². The fourth-order valence-electron chi connectivity index (χ4n) is 1.68. The van der Waals surface area contributed by atoms with Crippen molar-refractivity contribution in [2.45, 2.75) is 58.4 Å². The maximum atomic E-state index is 9.16. The number of hydrogen-bond donors (Lipinski definition) is 1. The molecule has 0 amide bonds. The van der Waals surface area contributed by atoms with Crippen LogP contribution in [-0.4, -0.2) is 38.5 Å². The van der Waals surface area contributed by atoms with E-state index in [-0.39, 0.29) is 0 Å². The minimum atomic E-state index is -0.420. The third-order valence-electron chi connectivity index (χ3n) is 2.99. The molecule has 1 unspecified atom stereocenters. The predicted octanol–water partition coefficient (Wildman–Crippen LogP) is 2.88. The van der Waals surface area contributed by atoms with Crippen LogP contribution in [0, 0.1) is 11.3 Å². The number of nitrogens with one attached hydrogen (secondary N) is 1. The van der Waals surface area contributed by atoms with Gasteiger partial charge in [-0.3, -0.25) is 5.32 Å². The molecule has 0 aromatic heterocycles. The highest BCUT2D eigenvalue weighted by Gasteiger charge is 2.21. The van der Waals surface area contributed by atoms with E-state index in [1.54, 1.807) is 0 Å². The highest BCUT2D eigenvalue weighted by atomic mass is 16.5. The largest absolute Gasteiger partial charge is 0.379 e. The summed E-state index contributed by atoms with van der Waals surface area (Å²) in [6, 6.07) is 2.35. The molecule has 0 radical (unpaired) electrons. The van der Waals surface area contributed by atoms with Crippen LogP contribution in [0.15, 0.2) is 0 Å². The second-order valence-corrected chi connectivity index (χ2v) is 5.05. The van der Waals surface area contributed by atoms with Crippen LogP contribution >= 0.6 is 0 Å². The molecule has 0 aliphatic heterocycles. The first-order valence-electron chi connectivity index (χ1n) is 7.50. The van der Waals surface area contributed by atoms with E-state index in [2.05, 4.69) is 25.2 Å². The molecule has 0 heterocycles. The Kier molecular flexibility index (Phi) is 12.0. The topological polar surface area (TPSA) is 54.3 Å². The van der Waals surface area contributed by atoms with Crippen molar-refractivity contribution in [1.82, 2.24) is 5.32 Å². The zero-order valence-electron chi connectivity index (χ0n) is 12.8. The fraction of sp³-hybridized carbons (Fsp3) is 0.933. The van der Waals surface area contributed by atoms with E-state index < -0.39 is 5.54 Å². The normalized spacial score (nSPS) is 14.0. The molecule has 0 bridgehead atoms. The van der Waals surface area contributed by atoms with Crippen LogP contribution in [0.2, 0.25) is 0 Å². The van der Waals surface area contributed by atoms with Gasteiger partial charge in [0.25, 0.3) is 0 Å². The molecule has 112 valence electrons. The van der Waals surface area contributed by atoms with Crippen molar-refractivity contribution in [3.63, 3.8) is 0 Å². The zero-order valence-corrected chi connectivity index (χ0v) is 12.8. The molecule has 0 saturated carbocycles. The van der Waals surface area contributed by atoms with Gasteiger partial charge in [-0.25, -0.2) is 0 Å². The van der Waals surface area contributed by atoms with E-state index in [0.29, 0.717) is 19.8 Å². The Balaban J connectivity index is 3.44. The Morgan fingerprint density at radius 1 is 1.00 bits per heavy atom. The average molecular weight is 270 g/mol. The highest BCUT2D eigenvalue weighted by Crippen LogP contribution is 2.11. The number of unbranched alkanes of at least 4 members (excludes halogenated alkanes) is 1. The van der Waals surface area contributed by atoms with Gasteiger partial charge in [-0.2, -0.15) is 5.26 Å². The van der Waals surface area contributed by atoms with E-state index >= 15 is 0 Å². The smallest absolute Gasteiger partial charge is 0.104 e.